The zero-order valence-electron chi connectivity index (χ0n) is 10.6. The van der Waals surface area contributed by atoms with Crippen LogP contribution in [0.5, 0.6) is 0 Å². The summed E-state index contributed by atoms with van der Waals surface area (Å²) in [4.78, 5) is 24.3. The van der Waals surface area contributed by atoms with Gasteiger partial charge in [-0.25, -0.2) is 0 Å². The molecular weight excluding hydrogens is 264 g/mol. The van der Waals surface area contributed by atoms with Crippen molar-refractivity contribution >= 4 is 23.2 Å². The molecule has 1 heterocycles. The van der Waals surface area contributed by atoms with Crippen LogP contribution in [0.3, 0.4) is 0 Å². The highest BCUT2D eigenvalue weighted by Crippen LogP contribution is 2.14. The van der Waals surface area contributed by atoms with Gasteiger partial charge in [0.2, 0.25) is 0 Å². The van der Waals surface area contributed by atoms with E-state index < -0.39 is 4.92 Å². The monoisotopic (exact) mass is 280 g/mol. The lowest BCUT2D eigenvalue weighted by atomic mass is 10.1. The molecule has 0 atom stereocenters. The number of hydrogen-bond acceptors (Lipinski definition) is 5. The first kappa shape index (κ1) is 14.0. The molecule has 1 aliphatic heterocycles. The Morgan fingerprint density at radius 2 is 1.89 bits per heavy atom. The van der Waals surface area contributed by atoms with Gasteiger partial charge in [0.1, 0.15) is 0 Å². The van der Waals surface area contributed by atoms with Crippen molar-refractivity contribution in [2.45, 2.75) is 6.42 Å². The SMILES string of the molecule is O=C(CCN1CCSCC1)c1ccc([N+](=O)[O-])cc1. The highest BCUT2D eigenvalue weighted by atomic mass is 32.2. The quantitative estimate of drug-likeness (QED) is 0.470. The normalized spacial score (nSPS) is 16.2. The molecule has 1 aromatic rings. The molecule has 0 N–H and O–H groups in total. The Hall–Kier alpha value is -1.40. The van der Waals surface area contributed by atoms with Crippen LogP contribution in [-0.2, 0) is 0 Å². The van der Waals surface area contributed by atoms with E-state index in [0.717, 1.165) is 31.1 Å². The first-order valence-electron chi connectivity index (χ1n) is 6.24. The first-order chi connectivity index (χ1) is 9.16. The number of non-ortho nitro benzene ring substituents is 1. The highest BCUT2D eigenvalue weighted by Gasteiger charge is 2.13. The number of rotatable bonds is 5. The fraction of sp³-hybridized carbons (Fsp3) is 0.462. The maximum atomic E-state index is 12.0. The molecular formula is C13H16N2O3S. The number of Topliss-reactive ketones (excluding diaryl/α,β-unsaturated/α-hetero) is 1. The molecule has 0 saturated carbocycles. The van der Waals surface area contributed by atoms with Gasteiger partial charge in [-0.15, -0.1) is 0 Å². The second-order valence-electron chi connectivity index (χ2n) is 4.43. The molecule has 0 bridgehead atoms. The van der Waals surface area contributed by atoms with Gasteiger partial charge in [0, 0.05) is 55.3 Å². The molecule has 1 aromatic carbocycles. The Kier molecular flexibility index (Phi) is 4.93. The van der Waals surface area contributed by atoms with E-state index in [2.05, 4.69) is 4.90 Å². The van der Waals surface area contributed by atoms with E-state index in [1.54, 1.807) is 0 Å². The smallest absolute Gasteiger partial charge is 0.269 e. The van der Waals surface area contributed by atoms with Crippen LogP contribution in [0.4, 0.5) is 5.69 Å². The summed E-state index contributed by atoms with van der Waals surface area (Å²) in [6.45, 7) is 2.85. The predicted octanol–water partition coefficient (Wildman–Crippen LogP) is 2.22. The Balaban J connectivity index is 1.86. The topological polar surface area (TPSA) is 63.5 Å². The largest absolute Gasteiger partial charge is 0.301 e. The lowest BCUT2D eigenvalue weighted by Gasteiger charge is -2.25. The fourth-order valence-electron chi connectivity index (χ4n) is 2.00. The molecule has 0 spiro atoms. The number of carbonyl (C=O) groups is 1. The summed E-state index contributed by atoms with van der Waals surface area (Å²) >= 11 is 1.94. The second kappa shape index (κ2) is 6.68. The Morgan fingerprint density at radius 3 is 2.47 bits per heavy atom. The van der Waals surface area contributed by atoms with Gasteiger partial charge in [0.15, 0.2) is 5.78 Å². The van der Waals surface area contributed by atoms with Gasteiger partial charge >= 0.3 is 0 Å². The molecule has 6 heteroatoms. The summed E-state index contributed by atoms with van der Waals surface area (Å²) in [6.07, 6.45) is 0.475. The number of nitrogens with zero attached hydrogens (tertiary/aromatic N) is 2. The van der Waals surface area contributed by atoms with Crippen molar-refractivity contribution in [2.75, 3.05) is 31.1 Å². The number of ketones is 1. The fourth-order valence-corrected chi connectivity index (χ4v) is 2.98. The Labute approximate surface area is 116 Å². The molecule has 0 radical (unpaired) electrons. The average molecular weight is 280 g/mol. The van der Waals surface area contributed by atoms with Gasteiger partial charge in [-0.2, -0.15) is 11.8 Å². The molecule has 0 unspecified atom stereocenters. The minimum absolute atomic E-state index is 0.0182. The summed E-state index contributed by atoms with van der Waals surface area (Å²) in [5, 5.41) is 10.5. The van der Waals surface area contributed by atoms with Gasteiger partial charge in [-0.1, -0.05) is 0 Å². The van der Waals surface area contributed by atoms with Crippen molar-refractivity contribution in [2.24, 2.45) is 0 Å². The second-order valence-corrected chi connectivity index (χ2v) is 5.66. The molecule has 2 rings (SSSR count). The molecule has 1 fully saturated rings. The van der Waals surface area contributed by atoms with Crippen LogP contribution >= 0.6 is 11.8 Å². The van der Waals surface area contributed by atoms with Crippen LogP contribution in [-0.4, -0.2) is 46.7 Å². The van der Waals surface area contributed by atoms with Gasteiger partial charge in [0.25, 0.3) is 5.69 Å². The van der Waals surface area contributed by atoms with E-state index in [9.17, 15) is 14.9 Å². The average Bonchev–Trinajstić information content (AvgIpc) is 2.46. The van der Waals surface area contributed by atoms with Crippen molar-refractivity contribution < 1.29 is 9.72 Å². The minimum atomic E-state index is -0.459. The van der Waals surface area contributed by atoms with Crippen LogP contribution in [0.25, 0.3) is 0 Å². The highest BCUT2D eigenvalue weighted by molar-refractivity contribution is 7.99. The molecule has 1 aliphatic rings. The van der Waals surface area contributed by atoms with Crippen LogP contribution in [0.2, 0.25) is 0 Å². The Morgan fingerprint density at radius 1 is 1.26 bits per heavy atom. The summed E-state index contributed by atoms with van der Waals surface area (Å²) in [5.41, 5.74) is 0.571. The van der Waals surface area contributed by atoms with Crippen molar-refractivity contribution in [1.29, 1.82) is 0 Å². The van der Waals surface area contributed by atoms with Crippen molar-refractivity contribution in [3.8, 4) is 0 Å². The third-order valence-corrected chi connectivity index (χ3v) is 4.10. The number of nitro groups is 1. The Bertz CT molecular complexity index is 455. The zero-order chi connectivity index (χ0) is 13.7. The number of nitro benzene ring substituents is 1. The van der Waals surface area contributed by atoms with Gasteiger partial charge in [0.05, 0.1) is 4.92 Å². The molecule has 0 aliphatic carbocycles. The first-order valence-corrected chi connectivity index (χ1v) is 7.40. The number of carbonyl (C=O) groups excluding carboxylic acids is 1. The van der Waals surface area contributed by atoms with E-state index >= 15 is 0 Å². The third kappa shape index (κ3) is 4.04. The zero-order valence-corrected chi connectivity index (χ0v) is 11.4. The maximum absolute atomic E-state index is 12.0. The van der Waals surface area contributed by atoms with E-state index in [1.165, 1.54) is 24.3 Å². The van der Waals surface area contributed by atoms with Gasteiger partial charge in [-0.05, 0) is 12.1 Å². The van der Waals surface area contributed by atoms with Crippen molar-refractivity contribution in [3.63, 3.8) is 0 Å². The molecule has 19 heavy (non-hydrogen) atoms. The van der Waals surface area contributed by atoms with Crippen molar-refractivity contribution in [3.05, 3.63) is 39.9 Å². The molecule has 5 nitrogen and oxygen atoms in total. The minimum Gasteiger partial charge on any atom is -0.301 e. The van der Waals surface area contributed by atoms with Crippen LogP contribution in [0, 0.1) is 10.1 Å². The van der Waals surface area contributed by atoms with E-state index in [-0.39, 0.29) is 11.5 Å². The van der Waals surface area contributed by atoms with Gasteiger partial charge in [-0.3, -0.25) is 14.9 Å². The molecule has 0 amide bonds. The molecule has 102 valence electrons. The summed E-state index contributed by atoms with van der Waals surface area (Å²) in [5.74, 6) is 2.31. The standard InChI is InChI=1S/C13H16N2O3S/c16-13(5-6-14-7-9-19-10-8-14)11-1-3-12(4-2-11)15(17)18/h1-4H,5-10H2. The lowest BCUT2D eigenvalue weighted by molar-refractivity contribution is -0.384. The predicted molar refractivity (Wildman–Crippen MR) is 75.8 cm³/mol. The number of hydrogen-bond donors (Lipinski definition) is 0. The molecule has 0 aromatic heterocycles. The third-order valence-electron chi connectivity index (χ3n) is 3.16. The maximum Gasteiger partial charge on any atom is 0.269 e. The van der Waals surface area contributed by atoms with Crippen LogP contribution in [0.15, 0.2) is 24.3 Å². The van der Waals surface area contributed by atoms with Crippen LogP contribution < -0.4 is 0 Å². The molecule has 1 saturated heterocycles. The summed E-state index contributed by atoms with van der Waals surface area (Å²) in [6, 6.07) is 5.83. The number of benzene rings is 1. The van der Waals surface area contributed by atoms with Crippen LogP contribution in [0.1, 0.15) is 16.8 Å². The van der Waals surface area contributed by atoms with E-state index in [4.69, 9.17) is 0 Å². The van der Waals surface area contributed by atoms with Gasteiger partial charge < -0.3 is 4.90 Å². The van der Waals surface area contributed by atoms with Crippen molar-refractivity contribution in [1.82, 2.24) is 4.90 Å². The van der Waals surface area contributed by atoms with E-state index in [0.29, 0.717) is 12.0 Å². The summed E-state index contributed by atoms with van der Waals surface area (Å²) < 4.78 is 0. The van der Waals surface area contributed by atoms with E-state index in [1.807, 2.05) is 11.8 Å². The lowest BCUT2D eigenvalue weighted by Crippen LogP contribution is -2.34. The summed E-state index contributed by atoms with van der Waals surface area (Å²) in [7, 11) is 0. The number of thioether (sulfide) groups is 1.